The monoisotopic (exact) mass is 370 g/mol. The number of ether oxygens (including phenoxy) is 2. The number of carbonyl (C=O) groups is 1. The van der Waals surface area contributed by atoms with Crippen molar-refractivity contribution in [3.05, 3.63) is 59.4 Å². The Bertz CT molecular complexity index is 804. The average molecular weight is 370 g/mol. The maximum absolute atomic E-state index is 13.0. The zero-order valence-corrected chi connectivity index (χ0v) is 15.1. The predicted octanol–water partition coefficient (Wildman–Crippen LogP) is 3.05. The highest BCUT2D eigenvalue weighted by molar-refractivity contribution is 5.78. The number of amides is 1. The summed E-state index contributed by atoms with van der Waals surface area (Å²) < 4.78 is 23.9. The lowest BCUT2D eigenvalue weighted by atomic mass is 10.0. The fraction of sp³-hybridized carbons (Fsp3) is 0.381. The molecule has 27 heavy (non-hydrogen) atoms. The molecule has 1 saturated heterocycles. The summed E-state index contributed by atoms with van der Waals surface area (Å²) in [6.45, 7) is 2.82. The molecule has 0 unspecified atom stereocenters. The molecule has 2 aromatic rings. The fourth-order valence-corrected chi connectivity index (χ4v) is 3.69. The van der Waals surface area contributed by atoms with Crippen LogP contribution in [0, 0.1) is 5.82 Å². The van der Waals surface area contributed by atoms with E-state index in [-0.39, 0.29) is 31.0 Å². The van der Waals surface area contributed by atoms with Crippen LogP contribution in [-0.4, -0.2) is 37.2 Å². The Hall–Kier alpha value is -2.60. The summed E-state index contributed by atoms with van der Waals surface area (Å²) in [6.07, 6.45) is 2.59. The minimum Gasteiger partial charge on any atom is -0.454 e. The number of likely N-dealkylation sites (tertiary alicyclic amines) is 1. The minimum atomic E-state index is -0.295. The molecule has 0 radical (unpaired) electrons. The number of nitrogens with one attached hydrogen (secondary N) is 1. The van der Waals surface area contributed by atoms with E-state index < -0.39 is 0 Å². The molecule has 0 saturated carbocycles. The molecule has 2 aliphatic rings. The number of rotatable bonds is 6. The van der Waals surface area contributed by atoms with Crippen molar-refractivity contribution in [2.24, 2.45) is 0 Å². The molecule has 0 aromatic heterocycles. The summed E-state index contributed by atoms with van der Waals surface area (Å²) in [5.74, 6) is 1.16. The molecule has 0 aliphatic carbocycles. The number of benzene rings is 2. The number of hydrogen-bond donors (Lipinski definition) is 1. The van der Waals surface area contributed by atoms with Gasteiger partial charge in [-0.25, -0.2) is 4.39 Å². The van der Waals surface area contributed by atoms with Crippen LogP contribution in [0.15, 0.2) is 42.5 Å². The van der Waals surface area contributed by atoms with Gasteiger partial charge in [0.1, 0.15) is 5.82 Å². The van der Waals surface area contributed by atoms with Gasteiger partial charge < -0.3 is 14.8 Å². The molecule has 1 N–H and O–H groups in total. The molecule has 5 nitrogen and oxygen atoms in total. The SMILES string of the molecule is O=C(Cc1ccc(F)cc1)NC[C@@H](c1ccc2c(c1)OCO2)N1CCCC1. The lowest BCUT2D eigenvalue weighted by molar-refractivity contribution is -0.120. The number of halogens is 1. The Morgan fingerprint density at radius 2 is 1.81 bits per heavy atom. The number of hydrogen-bond acceptors (Lipinski definition) is 4. The van der Waals surface area contributed by atoms with Crippen LogP contribution in [0.1, 0.15) is 30.0 Å². The summed E-state index contributed by atoms with van der Waals surface area (Å²) in [6, 6.07) is 12.1. The van der Waals surface area contributed by atoms with Crippen molar-refractivity contribution in [2.75, 3.05) is 26.4 Å². The van der Waals surface area contributed by atoms with Crippen LogP contribution in [-0.2, 0) is 11.2 Å². The number of fused-ring (bicyclic) bond motifs is 1. The van der Waals surface area contributed by atoms with Gasteiger partial charge in [-0.2, -0.15) is 0 Å². The highest BCUT2D eigenvalue weighted by Gasteiger charge is 2.26. The zero-order chi connectivity index (χ0) is 18.6. The summed E-state index contributed by atoms with van der Waals surface area (Å²) in [4.78, 5) is 14.8. The van der Waals surface area contributed by atoms with Crippen LogP contribution >= 0.6 is 0 Å². The molecule has 0 bridgehead atoms. The molecule has 2 aromatic carbocycles. The van der Waals surface area contributed by atoms with Crippen molar-refractivity contribution in [3.8, 4) is 11.5 Å². The number of nitrogens with zero attached hydrogens (tertiary/aromatic N) is 1. The van der Waals surface area contributed by atoms with E-state index in [1.807, 2.05) is 18.2 Å². The van der Waals surface area contributed by atoms with Crippen LogP contribution in [0.25, 0.3) is 0 Å². The normalized spacial score (nSPS) is 17.1. The van der Waals surface area contributed by atoms with Crippen molar-refractivity contribution >= 4 is 5.91 Å². The largest absolute Gasteiger partial charge is 0.454 e. The molecule has 4 rings (SSSR count). The van der Waals surface area contributed by atoms with Gasteiger partial charge in [-0.3, -0.25) is 9.69 Å². The first-order valence-electron chi connectivity index (χ1n) is 9.34. The summed E-state index contributed by atoms with van der Waals surface area (Å²) in [5, 5.41) is 3.04. The van der Waals surface area contributed by atoms with Gasteiger partial charge >= 0.3 is 0 Å². The van der Waals surface area contributed by atoms with Gasteiger partial charge in [0.2, 0.25) is 12.7 Å². The maximum Gasteiger partial charge on any atom is 0.231 e. The lowest BCUT2D eigenvalue weighted by Crippen LogP contribution is -2.37. The third kappa shape index (κ3) is 4.22. The first-order chi connectivity index (χ1) is 13.2. The van der Waals surface area contributed by atoms with Crippen molar-refractivity contribution < 1.29 is 18.7 Å². The van der Waals surface area contributed by atoms with Crippen LogP contribution in [0.3, 0.4) is 0 Å². The second-order valence-corrected chi connectivity index (χ2v) is 6.98. The first-order valence-corrected chi connectivity index (χ1v) is 9.34. The highest BCUT2D eigenvalue weighted by atomic mass is 19.1. The van der Waals surface area contributed by atoms with Crippen LogP contribution in [0.4, 0.5) is 4.39 Å². The van der Waals surface area contributed by atoms with E-state index >= 15 is 0 Å². The third-order valence-corrected chi connectivity index (χ3v) is 5.13. The van der Waals surface area contributed by atoms with Crippen LogP contribution < -0.4 is 14.8 Å². The van der Waals surface area contributed by atoms with E-state index in [2.05, 4.69) is 10.2 Å². The molecule has 2 heterocycles. The average Bonchev–Trinajstić information content (AvgIpc) is 3.35. The van der Waals surface area contributed by atoms with Crippen molar-refractivity contribution in [1.82, 2.24) is 10.2 Å². The second kappa shape index (κ2) is 7.96. The van der Waals surface area contributed by atoms with E-state index in [0.717, 1.165) is 35.7 Å². The Labute approximate surface area is 158 Å². The Morgan fingerprint density at radius 3 is 2.59 bits per heavy atom. The molecule has 142 valence electrons. The van der Waals surface area contributed by atoms with Gasteiger partial charge in [0, 0.05) is 6.54 Å². The quantitative estimate of drug-likeness (QED) is 0.849. The van der Waals surface area contributed by atoms with Crippen molar-refractivity contribution in [2.45, 2.75) is 25.3 Å². The molecule has 2 aliphatic heterocycles. The van der Waals surface area contributed by atoms with Gasteiger partial charge in [0.25, 0.3) is 0 Å². The lowest BCUT2D eigenvalue weighted by Gasteiger charge is -2.28. The smallest absolute Gasteiger partial charge is 0.231 e. The summed E-state index contributed by atoms with van der Waals surface area (Å²) in [7, 11) is 0. The van der Waals surface area contributed by atoms with Crippen LogP contribution in [0.5, 0.6) is 11.5 Å². The topological polar surface area (TPSA) is 50.8 Å². The van der Waals surface area contributed by atoms with Crippen molar-refractivity contribution in [3.63, 3.8) is 0 Å². The Balaban J connectivity index is 1.43. The molecule has 1 atom stereocenters. The molecule has 6 heteroatoms. The predicted molar refractivity (Wildman–Crippen MR) is 99.2 cm³/mol. The van der Waals surface area contributed by atoms with Gasteiger partial charge in [-0.1, -0.05) is 18.2 Å². The summed E-state index contributed by atoms with van der Waals surface area (Å²) in [5.41, 5.74) is 1.91. The van der Waals surface area contributed by atoms with Gasteiger partial charge in [-0.05, 0) is 61.3 Å². The molecule has 1 fully saturated rings. The summed E-state index contributed by atoms with van der Waals surface area (Å²) >= 11 is 0. The van der Waals surface area contributed by atoms with Gasteiger partial charge in [-0.15, -0.1) is 0 Å². The minimum absolute atomic E-state index is 0.0634. The van der Waals surface area contributed by atoms with Crippen molar-refractivity contribution in [1.29, 1.82) is 0 Å². The molecular formula is C21H23FN2O3. The van der Waals surface area contributed by atoms with E-state index in [9.17, 15) is 9.18 Å². The molecule has 0 spiro atoms. The van der Waals surface area contributed by atoms with E-state index in [1.165, 1.54) is 25.0 Å². The maximum atomic E-state index is 13.0. The Morgan fingerprint density at radius 1 is 1.07 bits per heavy atom. The number of carbonyl (C=O) groups excluding carboxylic acids is 1. The van der Waals surface area contributed by atoms with E-state index in [1.54, 1.807) is 12.1 Å². The zero-order valence-electron chi connectivity index (χ0n) is 15.1. The molecular weight excluding hydrogens is 347 g/mol. The Kier molecular flexibility index (Phi) is 5.25. The van der Waals surface area contributed by atoms with Gasteiger partial charge in [0.15, 0.2) is 11.5 Å². The van der Waals surface area contributed by atoms with E-state index in [4.69, 9.17) is 9.47 Å². The standard InChI is InChI=1S/C21H23FN2O3/c22-17-6-3-15(4-7-17)11-21(25)23-13-18(24-9-1-2-10-24)16-5-8-19-20(12-16)27-14-26-19/h3-8,12,18H,1-2,9-11,13-14H2,(H,23,25)/t18-/m0/s1. The van der Waals surface area contributed by atoms with E-state index in [0.29, 0.717) is 6.54 Å². The second-order valence-electron chi connectivity index (χ2n) is 6.98. The molecule has 1 amide bonds. The fourth-order valence-electron chi connectivity index (χ4n) is 3.69. The third-order valence-electron chi connectivity index (χ3n) is 5.13. The highest BCUT2D eigenvalue weighted by Crippen LogP contribution is 2.36. The van der Waals surface area contributed by atoms with Crippen LogP contribution in [0.2, 0.25) is 0 Å². The van der Waals surface area contributed by atoms with Gasteiger partial charge in [0.05, 0.1) is 12.5 Å². The first kappa shape index (κ1) is 17.8.